The molecule has 2 aromatic heterocycles. The summed E-state index contributed by atoms with van der Waals surface area (Å²) in [6.45, 7) is 1.83. The molecule has 24 heavy (non-hydrogen) atoms. The van der Waals surface area contributed by atoms with E-state index >= 15 is 0 Å². The molecule has 7 nitrogen and oxygen atoms in total. The Labute approximate surface area is 146 Å². The van der Waals surface area contributed by atoms with Crippen LogP contribution < -0.4 is 5.32 Å². The summed E-state index contributed by atoms with van der Waals surface area (Å²) in [6.07, 6.45) is 3.59. The number of imidazole rings is 1. The van der Waals surface area contributed by atoms with Gasteiger partial charge in [0.25, 0.3) is 11.6 Å². The van der Waals surface area contributed by atoms with Gasteiger partial charge < -0.3 is 9.72 Å². The van der Waals surface area contributed by atoms with Gasteiger partial charge in [-0.05, 0) is 25.1 Å². The third kappa shape index (κ3) is 2.79. The number of nitro benzene ring substituents is 1. The number of pyridine rings is 1. The fourth-order valence-electron chi connectivity index (χ4n) is 2.31. The predicted octanol–water partition coefficient (Wildman–Crippen LogP) is 4.11. The van der Waals surface area contributed by atoms with Crippen molar-refractivity contribution in [2.45, 2.75) is 6.92 Å². The second-order valence-electron chi connectivity index (χ2n) is 5.00. The molecular weight excluding hydrogens is 355 g/mol. The maximum atomic E-state index is 12.5. The van der Waals surface area contributed by atoms with Crippen molar-refractivity contribution in [3.63, 3.8) is 0 Å². The van der Waals surface area contributed by atoms with E-state index in [2.05, 4.69) is 10.3 Å². The molecule has 0 radical (unpaired) electrons. The highest BCUT2D eigenvalue weighted by molar-refractivity contribution is 6.41. The molecule has 0 saturated carbocycles. The fraction of sp³-hybridized carbons (Fsp3) is 0.0667. The smallest absolute Gasteiger partial charge is 0.288 e. The van der Waals surface area contributed by atoms with E-state index in [1.807, 2.05) is 6.92 Å². The number of nitro groups is 1. The first kappa shape index (κ1) is 16.2. The molecule has 0 aliphatic heterocycles. The zero-order chi connectivity index (χ0) is 17.4. The molecule has 0 fully saturated rings. The second-order valence-corrected chi connectivity index (χ2v) is 5.79. The van der Waals surface area contributed by atoms with Crippen LogP contribution in [0.1, 0.15) is 16.1 Å². The summed E-state index contributed by atoms with van der Waals surface area (Å²) in [4.78, 5) is 27.2. The quantitative estimate of drug-likeness (QED) is 0.559. The van der Waals surface area contributed by atoms with Gasteiger partial charge in [-0.15, -0.1) is 0 Å². The van der Waals surface area contributed by atoms with Gasteiger partial charge in [0.2, 0.25) is 0 Å². The Balaban J connectivity index is 2.04. The van der Waals surface area contributed by atoms with Crippen LogP contribution in [0.5, 0.6) is 0 Å². The van der Waals surface area contributed by atoms with E-state index < -0.39 is 10.8 Å². The third-order valence-electron chi connectivity index (χ3n) is 3.35. The highest BCUT2D eigenvalue weighted by Crippen LogP contribution is 2.33. The maximum Gasteiger partial charge on any atom is 0.288 e. The minimum Gasteiger partial charge on any atom is -0.319 e. The van der Waals surface area contributed by atoms with Crippen molar-refractivity contribution < 1.29 is 9.72 Å². The van der Waals surface area contributed by atoms with Gasteiger partial charge >= 0.3 is 0 Å². The minimum atomic E-state index is -0.672. The van der Waals surface area contributed by atoms with Crippen molar-refractivity contribution in [1.29, 1.82) is 0 Å². The van der Waals surface area contributed by atoms with Crippen LogP contribution in [0.3, 0.4) is 0 Å². The molecule has 0 aliphatic carbocycles. The Bertz CT molecular complexity index is 984. The summed E-state index contributed by atoms with van der Waals surface area (Å²) < 4.78 is 1.75. The Hall–Kier alpha value is -2.64. The molecule has 3 rings (SSSR count). The van der Waals surface area contributed by atoms with Crippen LogP contribution in [-0.4, -0.2) is 20.2 Å². The van der Waals surface area contributed by atoms with E-state index in [1.54, 1.807) is 28.9 Å². The highest BCUT2D eigenvalue weighted by Gasteiger charge is 2.24. The maximum absolute atomic E-state index is 12.5. The van der Waals surface area contributed by atoms with Crippen molar-refractivity contribution in [1.82, 2.24) is 9.38 Å². The van der Waals surface area contributed by atoms with Crippen LogP contribution in [-0.2, 0) is 0 Å². The van der Waals surface area contributed by atoms with Crippen LogP contribution in [0.15, 0.2) is 36.7 Å². The zero-order valence-electron chi connectivity index (χ0n) is 12.3. The number of fused-ring (bicyclic) bond motifs is 1. The van der Waals surface area contributed by atoms with Crippen molar-refractivity contribution in [3.8, 4) is 0 Å². The molecular formula is C15H10Cl2N4O3. The number of halogens is 2. The Morgan fingerprint density at radius 2 is 2.08 bits per heavy atom. The molecule has 2 heterocycles. The molecule has 0 atom stereocenters. The van der Waals surface area contributed by atoms with Crippen molar-refractivity contribution in [2.24, 2.45) is 0 Å². The minimum absolute atomic E-state index is 0.0228. The Kier molecular flexibility index (Phi) is 4.13. The molecule has 1 N–H and O–H groups in total. The topological polar surface area (TPSA) is 89.5 Å². The van der Waals surface area contributed by atoms with Gasteiger partial charge in [-0.2, -0.15) is 0 Å². The summed E-state index contributed by atoms with van der Waals surface area (Å²) >= 11 is 12.0. The summed E-state index contributed by atoms with van der Waals surface area (Å²) in [6, 6.07) is 5.82. The summed E-state index contributed by atoms with van der Waals surface area (Å²) in [7, 11) is 0. The first-order valence-corrected chi connectivity index (χ1v) is 7.52. The molecule has 3 aromatic rings. The number of benzene rings is 1. The Morgan fingerprint density at radius 3 is 2.79 bits per heavy atom. The number of hydrogen-bond acceptors (Lipinski definition) is 4. The first-order chi connectivity index (χ1) is 11.4. The number of anilines is 1. The van der Waals surface area contributed by atoms with Gasteiger partial charge in [-0.3, -0.25) is 14.9 Å². The molecule has 9 heteroatoms. The monoisotopic (exact) mass is 364 g/mol. The van der Waals surface area contributed by atoms with Crippen molar-refractivity contribution >= 4 is 46.1 Å². The fourth-order valence-corrected chi connectivity index (χ4v) is 2.92. The van der Waals surface area contributed by atoms with Gasteiger partial charge in [0.05, 0.1) is 26.9 Å². The molecule has 122 valence electrons. The van der Waals surface area contributed by atoms with E-state index in [0.29, 0.717) is 11.3 Å². The molecule has 0 bridgehead atoms. The van der Waals surface area contributed by atoms with Crippen molar-refractivity contribution in [2.75, 3.05) is 5.32 Å². The average Bonchev–Trinajstić information content (AvgIpc) is 2.88. The molecule has 0 spiro atoms. The lowest BCUT2D eigenvalue weighted by Crippen LogP contribution is -2.14. The molecule has 1 amide bonds. The number of aryl methyl sites for hydroxylation is 1. The zero-order valence-corrected chi connectivity index (χ0v) is 13.8. The summed E-state index contributed by atoms with van der Waals surface area (Å²) in [5, 5.41) is 13.3. The van der Waals surface area contributed by atoms with E-state index in [4.69, 9.17) is 23.2 Å². The lowest BCUT2D eigenvalue weighted by Gasteiger charge is -2.09. The molecule has 0 saturated heterocycles. The summed E-state index contributed by atoms with van der Waals surface area (Å²) in [5.74, 6) is -0.651. The lowest BCUT2D eigenvalue weighted by atomic mass is 10.1. The number of rotatable bonds is 3. The number of aromatic nitrogens is 2. The lowest BCUT2D eigenvalue weighted by molar-refractivity contribution is -0.384. The number of hydrogen-bond donors (Lipinski definition) is 1. The van der Waals surface area contributed by atoms with Crippen LogP contribution in [0.2, 0.25) is 10.0 Å². The second kappa shape index (κ2) is 6.10. The standard InChI is InChI=1S/C15H10Cl2N4O3/c1-8-7-20-6-2-3-10(14(20)18-8)19-15(22)12-9(16)4-5-11(13(12)17)21(23)24/h2-7H,1H3,(H,19,22). The Morgan fingerprint density at radius 1 is 1.33 bits per heavy atom. The van der Waals surface area contributed by atoms with E-state index in [0.717, 1.165) is 11.8 Å². The first-order valence-electron chi connectivity index (χ1n) is 6.76. The van der Waals surface area contributed by atoms with E-state index in [1.165, 1.54) is 6.07 Å². The number of nitrogens with one attached hydrogen (secondary N) is 1. The van der Waals surface area contributed by atoms with Gasteiger partial charge in [-0.25, -0.2) is 4.98 Å². The van der Waals surface area contributed by atoms with Crippen LogP contribution in [0.4, 0.5) is 11.4 Å². The van der Waals surface area contributed by atoms with Gasteiger partial charge in [0, 0.05) is 18.5 Å². The number of carbonyl (C=O) groups excluding carboxylic acids is 1. The normalized spacial score (nSPS) is 10.8. The van der Waals surface area contributed by atoms with Crippen molar-refractivity contribution in [3.05, 3.63) is 68.1 Å². The van der Waals surface area contributed by atoms with Crippen LogP contribution >= 0.6 is 23.2 Å². The SMILES string of the molecule is Cc1cn2cccc(NC(=O)c3c(Cl)ccc([N+](=O)[O-])c3Cl)c2n1. The number of nitrogens with zero attached hydrogens (tertiary/aromatic N) is 3. The number of carbonyl (C=O) groups is 1. The van der Waals surface area contributed by atoms with Gasteiger partial charge in [0.1, 0.15) is 5.02 Å². The largest absolute Gasteiger partial charge is 0.319 e. The van der Waals surface area contributed by atoms with Crippen LogP contribution in [0, 0.1) is 17.0 Å². The predicted molar refractivity (Wildman–Crippen MR) is 91.0 cm³/mol. The highest BCUT2D eigenvalue weighted by atomic mass is 35.5. The molecule has 0 unspecified atom stereocenters. The number of amides is 1. The van der Waals surface area contributed by atoms with Gasteiger partial charge in [-0.1, -0.05) is 23.2 Å². The van der Waals surface area contributed by atoms with E-state index in [-0.39, 0.29) is 21.3 Å². The molecule has 0 aliphatic rings. The third-order valence-corrected chi connectivity index (χ3v) is 4.04. The molecule has 1 aromatic carbocycles. The van der Waals surface area contributed by atoms with E-state index in [9.17, 15) is 14.9 Å². The summed E-state index contributed by atoms with van der Waals surface area (Å²) in [5.41, 5.74) is 1.22. The van der Waals surface area contributed by atoms with Gasteiger partial charge in [0.15, 0.2) is 5.65 Å². The average molecular weight is 365 g/mol. The van der Waals surface area contributed by atoms with Crippen LogP contribution in [0.25, 0.3) is 5.65 Å².